The third kappa shape index (κ3) is 2.38. The molecular weight excluding hydrogens is 262 g/mol. The number of benzene rings is 1. The summed E-state index contributed by atoms with van der Waals surface area (Å²) in [4.78, 5) is 14.1. The Hall–Kier alpha value is -1.35. The zero-order valence-electron chi connectivity index (χ0n) is 13.3. The molecule has 1 heterocycles. The van der Waals surface area contributed by atoms with E-state index < -0.39 is 11.4 Å². The molecule has 0 bridgehead atoms. The molecule has 3 nitrogen and oxygen atoms in total. The van der Waals surface area contributed by atoms with E-state index in [4.69, 9.17) is 0 Å². The summed E-state index contributed by atoms with van der Waals surface area (Å²) < 4.78 is 0. The number of fused-ring (bicyclic) bond motifs is 1. The lowest BCUT2D eigenvalue weighted by molar-refractivity contribution is -0.149. The number of carbonyl (C=O) groups is 1. The number of carboxylic acid groups (broad SMARTS) is 1. The number of rotatable bonds is 3. The van der Waals surface area contributed by atoms with Crippen LogP contribution in [-0.2, 0) is 11.3 Å². The van der Waals surface area contributed by atoms with Gasteiger partial charge in [-0.3, -0.25) is 9.69 Å². The average molecular weight is 287 g/mol. The van der Waals surface area contributed by atoms with Crippen molar-refractivity contribution >= 4 is 5.97 Å². The quantitative estimate of drug-likeness (QED) is 0.927. The summed E-state index contributed by atoms with van der Waals surface area (Å²) in [5.74, 6) is -0.230. The van der Waals surface area contributed by atoms with Crippen LogP contribution in [0.15, 0.2) is 12.1 Å². The van der Waals surface area contributed by atoms with Crippen LogP contribution in [0.3, 0.4) is 0 Å². The van der Waals surface area contributed by atoms with Crippen molar-refractivity contribution < 1.29 is 9.90 Å². The van der Waals surface area contributed by atoms with Crippen molar-refractivity contribution in [3.05, 3.63) is 34.4 Å². The van der Waals surface area contributed by atoms with Crippen LogP contribution in [0, 0.1) is 32.1 Å². The van der Waals surface area contributed by atoms with Gasteiger partial charge < -0.3 is 5.11 Å². The van der Waals surface area contributed by atoms with Gasteiger partial charge in [0, 0.05) is 19.6 Å². The van der Waals surface area contributed by atoms with Crippen LogP contribution >= 0.6 is 0 Å². The molecule has 3 rings (SSSR count). The molecule has 1 aliphatic carbocycles. The number of hydrogen-bond acceptors (Lipinski definition) is 2. The van der Waals surface area contributed by atoms with Gasteiger partial charge in [-0.05, 0) is 61.8 Å². The number of aryl methyl sites for hydroxylation is 3. The van der Waals surface area contributed by atoms with Gasteiger partial charge in [0.2, 0.25) is 0 Å². The van der Waals surface area contributed by atoms with Crippen molar-refractivity contribution in [1.29, 1.82) is 0 Å². The highest BCUT2D eigenvalue weighted by Gasteiger charge is 2.54. The fourth-order valence-electron chi connectivity index (χ4n) is 4.29. The topological polar surface area (TPSA) is 40.5 Å². The Labute approximate surface area is 127 Å². The zero-order chi connectivity index (χ0) is 15.2. The third-order valence-electron chi connectivity index (χ3n) is 5.71. The van der Waals surface area contributed by atoms with Crippen LogP contribution in [0.4, 0.5) is 0 Å². The highest BCUT2D eigenvalue weighted by Crippen LogP contribution is 2.49. The summed E-state index contributed by atoms with van der Waals surface area (Å²) in [6, 6.07) is 4.51. The summed E-state index contributed by atoms with van der Waals surface area (Å²) >= 11 is 0. The molecule has 1 saturated carbocycles. The molecule has 0 unspecified atom stereocenters. The molecule has 2 aliphatic rings. The Kier molecular flexibility index (Phi) is 3.56. The van der Waals surface area contributed by atoms with Gasteiger partial charge in [-0.15, -0.1) is 0 Å². The molecule has 0 spiro atoms. The maximum Gasteiger partial charge on any atom is 0.311 e. The van der Waals surface area contributed by atoms with Crippen LogP contribution in [-0.4, -0.2) is 29.1 Å². The zero-order valence-corrected chi connectivity index (χ0v) is 13.3. The number of aliphatic carboxylic acids is 1. The van der Waals surface area contributed by atoms with Gasteiger partial charge in [-0.2, -0.15) is 0 Å². The molecule has 2 fully saturated rings. The summed E-state index contributed by atoms with van der Waals surface area (Å²) in [7, 11) is 0. The van der Waals surface area contributed by atoms with Gasteiger partial charge >= 0.3 is 5.97 Å². The van der Waals surface area contributed by atoms with E-state index >= 15 is 0 Å². The van der Waals surface area contributed by atoms with E-state index in [0.717, 1.165) is 38.9 Å². The second-order valence-corrected chi connectivity index (χ2v) is 7.08. The van der Waals surface area contributed by atoms with Gasteiger partial charge in [-0.1, -0.05) is 18.6 Å². The van der Waals surface area contributed by atoms with Gasteiger partial charge in [0.25, 0.3) is 0 Å². The number of likely N-dealkylation sites (tertiary alicyclic amines) is 1. The van der Waals surface area contributed by atoms with Gasteiger partial charge in [0.05, 0.1) is 5.41 Å². The molecule has 114 valence electrons. The molecule has 3 heteroatoms. The number of hydrogen-bond donors (Lipinski definition) is 1. The first-order valence-corrected chi connectivity index (χ1v) is 7.95. The molecule has 1 aromatic rings. The SMILES string of the molecule is Cc1cc(C)c(CN2C[C@@H]3CCC[C@@]3(C(=O)O)C2)cc1C. The standard InChI is InChI=1S/C18H25NO2/c1-12-7-14(3)15(8-13(12)2)9-19-10-16-5-4-6-18(16,11-19)17(20)21/h7-8,16H,4-6,9-11H2,1-3H3,(H,20,21)/t16-,18+/m0/s1. The first-order valence-electron chi connectivity index (χ1n) is 7.95. The van der Waals surface area contributed by atoms with Crippen LogP contribution < -0.4 is 0 Å². The maximum absolute atomic E-state index is 11.7. The second kappa shape index (κ2) is 5.13. The third-order valence-corrected chi connectivity index (χ3v) is 5.71. The van der Waals surface area contributed by atoms with Crippen LogP contribution in [0.2, 0.25) is 0 Å². The monoisotopic (exact) mass is 287 g/mol. The van der Waals surface area contributed by atoms with Gasteiger partial charge in [0.15, 0.2) is 0 Å². The fourth-order valence-corrected chi connectivity index (χ4v) is 4.29. The highest BCUT2D eigenvalue weighted by molar-refractivity contribution is 5.76. The molecule has 0 amide bonds. The molecule has 0 radical (unpaired) electrons. The molecule has 1 N–H and O–H groups in total. The Morgan fingerprint density at radius 3 is 2.67 bits per heavy atom. The lowest BCUT2D eigenvalue weighted by Crippen LogP contribution is -2.35. The highest BCUT2D eigenvalue weighted by atomic mass is 16.4. The average Bonchev–Trinajstić information content (AvgIpc) is 2.93. The molecule has 0 aromatic heterocycles. The summed E-state index contributed by atoms with van der Waals surface area (Å²) in [5, 5.41) is 9.67. The molecule has 1 aromatic carbocycles. The van der Waals surface area contributed by atoms with Crippen molar-refractivity contribution in [2.24, 2.45) is 11.3 Å². The predicted octanol–water partition coefficient (Wildman–Crippen LogP) is 3.30. The first-order chi connectivity index (χ1) is 9.92. The van der Waals surface area contributed by atoms with Gasteiger partial charge in [0.1, 0.15) is 0 Å². The Morgan fingerprint density at radius 2 is 2.00 bits per heavy atom. The lowest BCUT2D eigenvalue weighted by Gasteiger charge is -2.24. The van der Waals surface area contributed by atoms with Crippen LogP contribution in [0.1, 0.15) is 41.5 Å². The summed E-state index contributed by atoms with van der Waals surface area (Å²) in [6.45, 7) is 9.00. The second-order valence-electron chi connectivity index (χ2n) is 7.08. The van der Waals surface area contributed by atoms with E-state index in [9.17, 15) is 9.90 Å². The van der Waals surface area contributed by atoms with E-state index in [1.165, 1.54) is 22.3 Å². The van der Waals surface area contributed by atoms with E-state index in [2.05, 4.69) is 37.8 Å². The maximum atomic E-state index is 11.7. The van der Waals surface area contributed by atoms with E-state index in [1.54, 1.807) is 0 Å². The van der Waals surface area contributed by atoms with Crippen LogP contribution in [0.5, 0.6) is 0 Å². The van der Waals surface area contributed by atoms with Crippen molar-refractivity contribution in [2.75, 3.05) is 13.1 Å². The largest absolute Gasteiger partial charge is 0.481 e. The van der Waals surface area contributed by atoms with Crippen molar-refractivity contribution in [3.63, 3.8) is 0 Å². The van der Waals surface area contributed by atoms with E-state index in [-0.39, 0.29) is 0 Å². The van der Waals surface area contributed by atoms with Crippen molar-refractivity contribution in [2.45, 2.75) is 46.6 Å². The molecule has 1 aliphatic heterocycles. The van der Waals surface area contributed by atoms with Gasteiger partial charge in [-0.25, -0.2) is 0 Å². The Morgan fingerprint density at radius 1 is 1.29 bits per heavy atom. The minimum absolute atomic E-state index is 0.349. The molecular formula is C18H25NO2. The smallest absolute Gasteiger partial charge is 0.311 e. The van der Waals surface area contributed by atoms with E-state index in [0.29, 0.717) is 5.92 Å². The number of carboxylic acids is 1. The minimum Gasteiger partial charge on any atom is -0.481 e. The minimum atomic E-state index is -0.579. The Balaban J connectivity index is 1.79. The summed E-state index contributed by atoms with van der Waals surface area (Å²) in [5.41, 5.74) is 4.85. The van der Waals surface area contributed by atoms with Crippen molar-refractivity contribution in [1.82, 2.24) is 4.90 Å². The first kappa shape index (κ1) is 14.6. The lowest BCUT2D eigenvalue weighted by atomic mass is 9.81. The predicted molar refractivity (Wildman–Crippen MR) is 83.3 cm³/mol. The number of nitrogens with zero attached hydrogens (tertiary/aromatic N) is 1. The van der Waals surface area contributed by atoms with E-state index in [1.807, 2.05) is 0 Å². The normalized spacial score (nSPS) is 28.8. The Bertz CT molecular complexity index is 581. The molecule has 1 saturated heterocycles. The fraction of sp³-hybridized carbons (Fsp3) is 0.611. The molecule has 2 atom stereocenters. The van der Waals surface area contributed by atoms with Crippen molar-refractivity contribution in [3.8, 4) is 0 Å². The molecule has 21 heavy (non-hydrogen) atoms. The van der Waals surface area contributed by atoms with Crippen LogP contribution in [0.25, 0.3) is 0 Å². The summed E-state index contributed by atoms with van der Waals surface area (Å²) in [6.07, 6.45) is 3.01.